The summed E-state index contributed by atoms with van der Waals surface area (Å²) in [5.74, 6) is 1.74. The Kier molecular flexibility index (Phi) is 8.94. The van der Waals surface area contributed by atoms with E-state index in [0.29, 0.717) is 43.6 Å². The second kappa shape index (κ2) is 10.7. The van der Waals surface area contributed by atoms with Crippen LogP contribution in [0.5, 0.6) is 11.5 Å². The summed E-state index contributed by atoms with van der Waals surface area (Å²) in [4.78, 5) is 3.91. The molecule has 8 heteroatoms. The van der Waals surface area contributed by atoms with Gasteiger partial charge >= 0.3 is 6.18 Å². The Hall–Kier alpha value is -2.12. The molecule has 0 radical (unpaired) electrons. The van der Waals surface area contributed by atoms with Crippen molar-refractivity contribution in [1.29, 1.82) is 0 Å². The van der Waals surface area contributed by atoms with Crippen LogP contribution in [0.4, 0.5) is 13.2 Å². The van der Waals surface area contributed by atoms with Gasteiger partial charge in [-0.2, -0.15) is 13.2 Å². The second-order valence-corrected chi connectivity index (χ2v) is 5.19. The smallest absolute Gasteiger partial charge is 0.390 e. The highest BCUT2D eigenvalue weighted by Crippen LogP contribution is 2.28. The minimum Gasteiger partial charge on any atom is -0.490 e. The summed E-state index contributed by atoms with van der Waals surface area (Å²) < 4.78 is 47.5. The molecular weight excluding hydrogens is 335 g/mol. The number of nitrogens with one attached hydrogen (secondary N) is 2. The lowest BCUT2D eigenvalue weighted by molar-refractivity contribution is -0.132. The minimum absolute atomic E-state index is 0.208. The van der Waals surface area contributed by atoms with Gasteiger partial charge in [-0.1, -0.05) is 6.07 Å². The Morgan fingerprint density at radius 1 is 1.04 bits per heavy atom. The number of rotatable bonds is 9. The molecule has 0 saturated heterocycles. The van der Waals surface area contributed by atoms with Gasteiger partial charge in [-0.15, -0.1) is 0 Å². The topological polar surface area (TPSA) is 54.9 Å². The van der Waals surface area contributed by atoms with Crippen LogP contribution in [-0.2, 0) is 6.42 Å². The van der Waals surface area contributed by atoms with Gasteiger partial charge in [0.05, 0.1) is 19.6 Å². The molecule has 0 bridgehead atoms. The molecule has 0 spiro atoms. The summed E-state index contributed by atoms with van der Waals surface area (Å²) in [6.07, 6.45) is -4.40. The first-order valence-electron chi connectivity index (χ1n) is 8.29. The fourth-order valence-electron chi connectivity index (χ4n) is 2.12. The molecule has 2 N–H and O–H groups in total. The molecule has 0 fully saturated rings. The third-order valence-corrected chi connectivity index (χ3v) is 3.24. The van der Waals surface area contributed by atoms with Crippen LogP contribution in [0.3, 0.4) is 0 Å². The molecule has 1 aromatic carbocycles. The average Bonchev–Trinajstić information content (AvgIpc) is 2.55. The molecular formula is C17H26F3N3O2. The van der Waals surface area contributed by atoms with Gasteiger partial charge in [0.2, 0.25) is 0 Å². The number of halogens is 3. The van der Waals surface area contributed by atoms with Crippen molar-refractivity contribution in [2.24, 2.45) is 4.99 Å². The molecule has 0 aromatic heterocycles. The maximum absolute atomic E-state index is 12.1. The number of nitrogens with zero attached hydrogens (tertiary/aromatic N) is 1. The Morgan fingerprint density at radius 3 is 2.28 bits per heavy atom. The first-order chi connectivity index (χ1) is 11.9. The largest absolute Gasteiger partial charge is 0.490 e. The number of benzene rings is 1. The van der Waals surface area contributed by atoms with Crippen molar-refractivity contribution in [3.63, 3.8) is 0 Å². The predicted octanol–water partition coefficient (Wildman–Crippen LogP) is 3.14. The van der Waals surface area contributed by atoms with Gasteiger partial charge in [0.25, 0.3) is 0 Å². The van der Waals surface area contributed by atoms with Crippen LogP contribution in [-0.4, -0.2) is 45.5 Å². The molecule has 0 aliphatic carbocycles. The average molecular weight is 361 g/mol. The summed E-state index contributed by atoms with van der Waals surface area (Å²) in [6.45, 7) is 5.23. The highest BCUT2D eigenvalue weighted by atomic mass is 19.4. The lowest BCUT2D eigenvalue weighted by atomic mass is 10.1. The normalized spacial score (nSPS) is 12.0. The fourth-order valence-corrected chi connectivity index (χ4v) is 2.12. The summed E-state index contributed by atoms with van der Waals surface area (Å²) in [5, 5.41) is 5.64. The monoisotopic (exact) mass is 361 g/mol. The maximum Gasteiger partial charge on any atom is 0.390 e. The first-order valence-corrected chi connectivity index (χ1v) is 8.29. The Morgan fingerprint density at radius 2 is 1.68 bits per heavy atom. The number of aliphatic imine (C=N–C) groups is 1. The zero-order valence-corrected chi connectivity index (χ0v) is 14.9. The van der Waals surface area contributed by atoms with Gasteiger partial charge < -0.3 is 20.1 Å². The lowest BCUT2D eigenvalue weighted by Crippen LogP contribution is -2.39. The van der Waals surface area contributed by atoms with Crippen molar-refractivity contribution < 1.29 is 22.6 Å². The summed E-state index contributed by atoms with van der Waals surface area (Å²) >= 11 is 0. The Labute approximate surface area is 146 Å². The maximum atomic E-state index is 12.1. The standard InChI is InChI=1S/C17H26F3N3O2/c1-4-24-14-7-6-13(12-15(14)25-5-2)8-10-22-16(21-3)23-11-9-17(18,19)20/h6-7,12H,4-5,8-11H2,1-3H3,(H2,21,22,23). The highest BCUT2D eigenvalue weighted by molar-refractivity contribution is 5.79. The quantitative estimate of drug-likeness (QED) is 0.524. The molecule has 0 unspecified atom stereocenters. The van der Waals surface area contributed by atoms with Crippen molar-refractivity contribution in [3.05, 3.63) is 23.8 Å². The SMILES string of the molecule is CCOc1ccc(CCNC(=NC)NCCC(F)(F)F)cc1OCC. The van der Waals surface area contributed by atoms with Gasteiger partial charge in [-0.05, 0) is 38.0 Å². The molecule has 0 atom stereocenters. The highest BCUT2D eigenvalue weighted by Gasteiger charge is 2.26. The summed E-state index contributed by atoms with van der Waals surface area (Å²) in [5.41, 5.74) is 1.03. The van der Waals surface area contributed by atoms with E-state index in [2.05, 4.69) is 15.6 Å². The van der Waals surface area contributed by atoms with Crippen molar-refractivity contribution in [1.82, 2.24) is 10.6 Å². The molecule has 1 rings (SSSR count). The van der Waals surface area contributed by atoms with Crippen LogP contribution in [0.2, 0.25) is 0 Å². The van der Waals surface area contributed by atoms with Crippen LogP contribution in [0.15, 0.2) is 23.2 Å². The van der Waals surface area contributed by atoms with Crippen molar-refractivity contribution in [3.8, 4) is 11.5 Å². The molecule has 5 nitrogen and oxygen atoms in total. The van der Waals surface area contributed by atoms with Crippen molar-refractivity contribution in [2.75, 3.05) is 33.4 Å². The van der Waals surface area contributed by atoms with Crippen LogP contribution in [0.25, 0.3) is 0 Å². The van der Waals surface area contributed by atoms with E-state index in [4.69, 9.17) is 9.47 Å². The number of hydrogen-bond donors (Lipinski definition) is 2. The van der Waals surface area contributed by atoms with E-state index in [1.807, 2.05) is 32.0 Å². The zero-order chi connectivity index (χ0) is 18.7. The number of hydrogen-bond acceptors (Lipinski definition) is 3. The number of alkyl halides is 3. The predicted molar refractivity (Wildman–Crippen MR) is 92.5 cm³/mol. The van der Waals surface area contributed by atoms with Crippen molar-refractivity contribution >= 4 is 5.96 Å². The first kappa shape index (κ1) is 20.9. The second-order valence-electron chi connectivity index (χ2n) is 5.19. The Balaban J connectivity index is 2.49. The third kappa shape index (κ3) is 8.51. The van der Waals surface area contributed by atoms with Gasteiger partial charge in [-0.3, -0.25) is 4.99 Å². The fraction of sp³-hybridized carbons (Fsp3) is 0.588. The van der Waals surface area contributed by atoms with E-state index in [0.717, 1.165) is 5.56 Å². The van der Waals surface area contributed by atoms with E-state index in [1.54, 1.807) is 0 Å². The van der Waals surface area contributed by atoms with Gasteiger partial charge in [0, 0.05) is 20.1 Å². The van der Waals surface area contributed by atoms with E-state index in [1.165, 1.54) is 7.05 Å². The molecule has 0 saturated carbocycles. The van der Waals surface area contributed by atoms with E-state index in [-0.39, 0.29) is 6.54 Å². The molecule has 0 amide bonds. The summed E-state index contributed by atoms with van der Waals surface area (Å²) in [7, 11) is 1.52. The molecule has 25 heavy (non-hydrogen) atoms. The molecule has 0 aliphatic rings. The third-order valence-electron chi connectivity index (χ3n) is 3.24. The van der Waals surface area contributed by atoms with Crippen LogP contribution < -0.4 is 20.1 Å². The minimum atomic E-state index is -4.18. The Bertz CT molecular complexity index is 548. The van der Waals surface area contributed by atoms with E-state index >= 15 is 0 Å². The van der Waals surface area contributed by atoms with Crippen LogP contribution in [0.1, 0.15) is 25.8 Å². The van der Waals surface area contributed by atoms with Gasteiger partial charge in [0.1, 0.15) is 0 Å². The molecule has 0 heterocycles. The van der Waals surface area contributed by atoms with Gasteiger partial charge in [0.15, 0.2) is 17.5 Å². The molecule has 1 aromatic rings. The zero-order valence-electron chi connectivity index (χ0n) is 14.9. The molecule has 0 aliphatic heterocycles. The van der Waals surface area contributed by atoms with E-state index in [9.17, 15) is 13.2 Å². The number of ether oxygens (including phenoxy) is 2. The van der Waals surface area contributed by atoms with Crippen molar-refractivity contribution in [2.45, 2.75) is 32.9 Å². The van der Waals surface area contributed by atoms with Gasteiger partial charge in [-0.25, -0.2) is 0 Å². The van der Waals surface area contributed by atoms with Crippen LogP contribution >= 0.6 is 0 Å². The lowest BCUT2D eigenvalue weighted by Gasteiger charge is -2.14. The summed E-state index contributed by atoms with van der Waals surface area (Å²) in [6, 6.07) is 5.71. The number of guanidine groups is 1. The van der Waals surface area contributed by atoms with E-state index < -0.39 is 12.6 Å². The molecule has 142 valence electrons. The van der Waals surface area contributed by atoms with Crippen LogP contribution in [0, 0.1) is 0 Å².